The normalized spacial score (nSPS) is 11.4. The average molecular weight is 336 g/mol. The average Bonchev–Trinajstić information content (AvgIpc) is 3.21. The lowest BCUT2D eigenvalue weighted by Gasteiger charge is -1.98. The second-order valence-corrected chi connectivity index (χ2v) is 5.84. The van der Waals surface area contributed by atoms with Gasteiger partial charge in [-0.15, -0.1) is 10.2 Å². The summed E-state index contributed by atoms with van der Waals surface area (Å²) in [6.45, 7) is 0. The van der Waals surface area contributed by atoms with Crippen molar-refractivity contribution in [2.75, 3.05) is 7.11 Å². The van der Waals surface area contributed by atoms with Crippen LogP contribution in [0.15, 0.2) is 42.9 Å². The first kappa shape index (κ1) is 14.5. The van der Waals surface area contributed by atoms with Crippen LogP contribution in [0.5, 0.6) is 5.75 Å². The summed E-state index contributed by atoms with van der Waals surface area (Å²) in [4.78, 5) is 9.00. The Kier molecular flexibility index (Phi) is 3.72. The molecule has 4 rings (SSSR count). The fourth-order valence-corrected chi connectivity index (χ4v) is 2.90. The van der Waals surface area contributed by atoms with Gasteiger partial charge in [-0.05, 0) is 23.8 Å². The molecule has 1 aromatic carbocycles. The van der Waals surface area contributed by atoms with Gasteiger partial charge in [0.2, 0.25) is 10.8 Å². The molecular formula is C16H12N6OS. The Morgan fingerprint density at radius 2 is 1.96 bits per heavy atom. The van der Waals surface area contributed by atoms with E-state index in [0.717, 1.165) is 16.3 Å². The molecule has 0 saturated carbocycles. The number of ether oxygens (including phenoxy) is 1. The molecule has 0 unspecified atom stereocenters. The molecule has 0 radical (unpaired) electrons. The van der Waals surface area contributed by atoms with Crippen molar-refractivity contribution in [3.63, 3.8) is 0 Å². The zero-order chi connectivity index (χ0) is 16.4. The Hall–Kier alpha value is -3.13. The number of rotatable bonds is 4. The molecule has 118 valence electrons. The van der Waals surface area contributed by atoms with Crippen LogP contribution in [0, 0.1) is 0 Å². The van der Waals surface area contributed by atoms with Crippen molar-refractivity contribution in [3.05, 3.63) is 53.4 Å². The summed E-state index contributed by atoms with van der Waals surface area (Å²) in [5.74, 6) is 1.41. The monoisotopic (exact) mass is 336 g/mol. The quantitative estimate of drug-likeness (QED) is 0.570. The number of benzene rings is 1. The van der Waals surface area contributed by atoms with Crippen LogP contribution >= 0.6 is 11.3 Å². The fourth-order valence-electron chi connectivity index (χ4n) is 2.16. The van der Waals surface area contributed by atoms with Gasteiger partial charge in [-0.1, -0.05) is 29.5 Å². The maximum Gasteiger partial charge on any atom is 0.235 e. The first-order chi connectivity index (χ1) is 11.8. The maximum absolute atomic E-state index is 5.15. The van der Waals surface area contributed by atoms with E-state index in [1.807, 2.05) is 36.4 Å². The fraction of sp³-hybridized carbons (Fsp3) is 0.0625. The van der Waals surface area contributed by atoms with Crippen molar-refractivity contribution in [2.24, 2.45) is 0 Å². The van der Waals surface area contributed by atoms with E-state index in [4.69, 9.17) is 4.74 Å². The number of nitrogens with zero attached hydrogens (tertiary/aromatic N) is 6. The van der Waals surface area contributed by atoms with Crippen molar-refractivity contribution >= 4 is 28.4 Å². The zero-order valence-electron chi connectivity index (χ0n) is 12.7. The van der Waals surface area contributed by atoms with Gasteiger partial charge in [-0.2, -0.15) is 9.61 Å². The lowest BCUT2D eigenvalue weighted by molar-refractivity contribution is 0.415. The summed E-state index contributed by atoms with van der Waals surface area (Å²) >= 11 is 1.46. The van der Waals surface area contributed by atoms with Crippen molar-refractivity contribution in [1.29, 1.82) is 0 Å². The molecule has 4 aromatic rings. The van der Waals surface area contributed by atoms with Crippen LogP contribution in [0.25, 0.3) is 28.6 Å². The minimum atomic E-state index is 0.582. The van der Waals surface area contributed by atoms with Gasteiger partial charge in [0.25, 0.3) is 0 Å². The highest BCUT2D eigenvalue weighted by atomic mass is 32.1. The third-order valence-corrected chi connectivity index (χ3v) is 4.20. The molecule has 8 heteroatoms. The molecule has 7 nitrogen and oxygen atoms in total. The molecule has 0 aliphatic carbocycles. The highest BCUT2D eigenvalue weighted by Gasteiger charge is 2.13. The highest BCUT2D eigenvalue weighted by Crippen LogP contribution is 2.21. The second-order valence-electron chi connectivity index (χ2n) is 4.86. The lowest BCUT2D eigenvalue weighted by Crippen LogP contribution is -1.93. The second kappa shape index (κ2) is 6.17. The topological polar surface area (TPSA) is 78.1 Å². The van der Waals surface area contributed by atoms with Crippen LogP contribution in [-0.2, 0) is 0 Å². The summed E-state index contributed by atoms with van der Waals surface area (Å²) in [7, 11) is 1.65. The first-order valence-electron chi connectivity index (χ1n) is 7.14. The third-order valence-electron chi connectivity index (χ3n) is 3.33. The Balaban J connectivity index is 1.63. The zero-order valence-corrected chi connectivity index (χ0v) is 13.5. The molecule has 3 heterocycles. The highest BCUT2D eigenvalue weighted by molar-refractivity contribution is 7.17. The largest absolute Gasteiger partial charge is 0.497 e. The number of methoxy groups -OCH3 is 1. The summed E-state index contributed by atoms with van der Waals surface area (Å²) in [6, 6.07) is 7.82. The molecule has 0 saturated heterocycles. The molecule has 0 aliphatic rings. The van der Waals surface area contributed by atoms with Crippen molar-refractivity contribution in [1.82, 2.24) is 29.8 Å². The summed E-state index contributed by atoms with van der Waals surface area (Å²) < 4.78 is 6.84. The Morgan fingerprint density at radius 3 is 2.71 bits per heavy atom. The number of hydrogen-bond acceptors (Lipinski definition) is 7. The molecule has 0 fully saturated rings. The van der Waals surface area contributed by atoms with Crippen LogP contribution in [0.1, 0.15) is 10.6 Å². The molecule has 0 amide bonds. The van der Waals surface area contributed by atoms with Crippen molar-refractivity contribution in [3.8, 4) is 17.3 Å². The molecule has 0 spiro atoms. The molecule has 3 aromatic heterocycles. The van der Waals surface area contributed by atoms with Gasteiger partial charge in [0.15, 0.2) is 0 Å². The van der Waals surface area contributed by atoms with Gasteiger partial charge in [-0.25, -0.2) is 4.98 Å². The minimum absolute atomic E-state index is 0.582. The number of fused-ring (bicyclic) bond motifs is 1. The van der Waals surface area contributed by atoms with Crippen LogP contribution in [0.2, 0.25) is 0 Å². The molecule has 0 N–H and O–H groups in total. The Bertz CT molecular complexity index is 991. The van der Waals surface area contributed by atoms with E-state index < -0.39 is 0 Å². The molecular weight excluding hydrogens is 324 g/mol. The molecule has 0 bridgehead atoms. The molecule has 0 aliphatic heterocycles. The predicted octanol–water partition coefficient (Wildman–Crippen LogP) is 2.82. The maximum atomic E-state index is 5.15. The van der Waals surface area contributed by atoms with E-state index in [0.29, 0.717) is 16.5 Å². The van der Waals surface area contributed by atoms with Crippen molar-refractivity contribution in [2.45, 2.75) is 0 Å². The van der Waals surface area contributed by atoms with E-state index in [9.17, 15) is 0 Å². The van der Waals surface area contributed by atoms with Gasteiger partial charge < -0.3 is 4.74 Å². The number of hydrogen-bond donors (Lipinski definition) is 0. The summed E-state index contributed by atoms with van der Waals surface area (Å²) in [6.07, 6.45) is 8.82. The van der Waals surface area contributed by atoms with E-state index in [1.165, 1.54) is 11.3 Å². The summed E-state index contributed by atoms with van der Waals surface area (Å²) in [5.41, 5.74) is 1.71. The predicted molar refractivity (Wildman–Crippen MR) is 91.6 cm³/mol. The standard InChI is InChI=1S/C16H12N6OS/c1-23-12-5-2-11(3-6-12)4-7-14-21-22-15(19-20-16(22)24-14)13-10-17-8-9-18-13/h2-10H,1H3/b7-4+. The SMILES string of the molecule is COc1ccc(/C=C/c2nn3c(-c4cnccn4)nnc3s2)cc1. The van der Waals surface area contributed by atoms with Gasteiger partial charge in [0.1, 0.15) is 16.5 Å². The van der Waals surface area contributed by atoms with Gasteiger partial charge >= 0.3 is 0 Å². The van der Waals surface area contributed by atoms with Crippen LogP contribution in [-0.4, -0.2) is 36.9 Å². The van der Waals surface area contributed by atoms with Gasteiger partial charge in [0, 0.05) is 12.4 Å². The number of aromatic nitrogens is 6. The lowest BCUT2D eigenvalue weighted by atomic mass is 10.2. The van der Waals surface area contributed by atoms with E-state index in [-0.39, 0.29) is 0 Å². The van der Waals surface area contributed by atoms with Crippen LogP contribution < -0.4 is 4.74 Å². The Labute approximate surface area is 141 Å². The van der Waals surface area contributed by atoms with E-state index >= 15 is 0 Å². The molecule has 0 atom stereocenters. The first-order valence-corrected chi connectivity index (χ1v) is 7.96. The van der Waals surface area contributed by atoms with Crippen LogP contribution in [0.4, 0.5) is 0 Å². The van der Waals surface area contributed by atoms with Gasteiger partial charge in [-0.3, -0.25) is 4.98 Å². The smallest absolute Gasteiger partial charge is 0.235 e. The van der Waals surface area contributed by atoms with E-state index in [1.54, 1.807) is 30.2 Å². The molecule has 24 heavy (non-hydrogen) atoms. The summed E-state index contributed by atoms with van der Waals surface area (Å²) in [5, 5.41) is 13.6. The van der Waals surface area contributed by atoms with Crippen molar-refractivity contribution < 1.29 is 4.74 Å². The van der Waals surface area contributed by atoms with E-state index in [2.05, 4.69) is 25.3 Å². The minimum Gasteiger partial charge on any atom is -0.497 e. The van der Waals surface area contributed by atoms with Gasteiger partial charge in [0.05, 0.1) is 13.3 Å². The third kappa shape index (κ3) is 2.74. The van der Waals surface area contributed by atoms with Crippen LogP contribution in [0.3, 0.4) is 0 Å². The Morgan fingerprint density at radius 1 is 1.08 bits per heavy atom.